The van der Waals surface area contributed by atoms with Gasteiger partial charge in [0.25, 0.3) is 0 Å². The second-order valence-electron chi connectivity index (χ2n) is 13.8. The average molecular weight is 610 g/mol. The molecule has 0 amide bonds. The van der Waals surface area contributed by atoms with Crippen molar-refractivity contribution in [3.05, 3.63) is 151 Å². The van der Waals surface area contributed by atoms with Gasteiger partial charge in [0, 0.05) is 37.2 Å². The van der Waals surface area contributed by atoms with Crippen molar-refractivity contribution in [2.75, 3.05) is 4.90 Å². The number of benzene rings is 7. The topological polar surface area (TPSA) is 3.24 Å². The first-order valence-corrected chi connectivity index (χ1v) is 17.0. The number of rotatable bonds is 3. The molecule has 0 unspecified atom stereocenters. The average Bonchev–Trinajstić information content (AvgIpc) is 3.46. The minimum atomic E-state index is -0.112. The summed E-state index contributed by atoms with van der Waals surface area (Å²) in [6, 6.07) is 51.9. The number of hydrogen-bond donors (Lipinski definition) is 0. The molecule has 1 aromatic heterocycles. The maximum Gasteiger partial charge on any atom is 0.0468 e. The fourth-order valence-corrected chi connectivity index (χ4v) is 8.94. The summed E-state index contributed by atoms with van der Waals surface area (Å²) < 4.78 is 2.65. The first-order valence-electron chi connectivity index (χ1n) is 16.2. The number of thiophene rings is 1. The molecule has 0 bridgehead atoms. The van der Waals surface area contributed by atoms with Crippen LogP contribution >= 0.6 is 11.3 Å². The monoisotopic (exact) mass is 609 g/mol. The van der Waals surface area contributed by atoms with E-state index in [0.717, 1.165) is 5.69 Å². The van der Waals surface area contributed by atoms with Gasteiger partial charge < -0.3 is 4.90 Å². The third-order valence-corrected chi connectivity index (χ3v) is 12.1. The van der Waals surface area contributed by atoms with Crippen molar-refractivity contribution in [2.45, 2.75) is 38.5 Å². The van der Waals surface area contributed by atoms with E-state index >= 15 is 0 Å². The Hall–Kier alpha value is -4.92. The molecule has 0 N–H and O–H groups in total. The summed E-state index contributed by atoms with van der Waals surface area (Å²) in [5.74, 6) is 0. The van der Waals surface area contributed by atoms with E-state index in [1.54, 1.807) is 0 Å². The molecule has 0 atom stereocenters. The quantitative estimate of drug-likeness (QED) is 0.180. The Labute approximate surface area is 274 Å². The van der Waals surface area contributed by atoms with Gasteiger partial charge >= 0.3 is 0 Å². The van der Waals surface area contributed by atoms with E-state index in [0.29, 0.717) is 0 Å². The molecule has 1 aliphatic carbocycles. The van der Waals surface area contributed by atoms with Crippen molar-refractivity contribution in [2.24, 2.45) is 0 Å². The Kier molecular flexibility index (Phi) is 5.83. The predicted octanol–water partition coefficient (Wildman–Crippen LogP) is 13.1. The van der Waals surface area contributed by atoms with Gasteiger partial charge in [-0.3, -0.25) is 0 Å². The standard InChI is InChI=1S/C44H35NS/c1-43(2)37-24-20-29-19-18-28-12-8-9-15-33(28)41(29)42(37)35-23-21-32(27-38(35)44(43,3)4)45(30-13-6-5-7-14-30)31-22-25-40-36(26-31)34-16-10-11-17-39(34)46-40/h5-27H,1-4H3. The lowest BCUT2D eigenvalue weighted by Crippen LogP contribution is -2.43. The number of nitrogens with zero attached hydrogens (tertiary/aromatic N) is 1. The highest BCUT2D eigenvalue weighted by Gasteiger charge is 2.46. The highest BCUT2D eigenvalue weighted by Crippen LogP contribution is 2.57. The fraction of sp³-hybridized carbons (Fsp3) is 0.136. The molecule has 9 rings (SSSR count). The normalized spacial score (nSPS) is 14.9. The van der Waals surface area contributed by atoms with Crippen LogP contribution in [0, 0.1) is 0 Å². The largest absolute Gasteiger partial charge is 0.310 e. The van der Waals surface area contributed by atoms with E-state index in [9.17, 15) is 0 Å². The van der Waals surface area contributed by atoms with Crippen molar-refractivity contribution >= 4 is 70.1 Å². The van der Waals surface area contributed by atoms with E-state index in [1.807, 2.05) is 11.3 Å². The molecule has 46 heavy (non-hydrogen) atoms. The molecular formula is C44H35NS. The van der Waals surface area contributed by atoms with Crippen LogP contribution in [0.2, 0.25) is 0 Å². The Bertz CT molecular complexity index is 2480. The fourth-order valence-electron chi connectivity index (χ4n) is 7.86. The van der Waals surface area contributed by atoms with Gasteiger partial charge in [-0.1, -0.05) is 119 Å². The van der Waals surface area contributed by atoms with Crippen LogP contribution < -0.4 is 4.90 Å². The number of hydrogen-bond acceptors (Lipinski definition) is 2. The van der Waals surface area contributed by atoms with Gasteiger partial charge in [-0.25, -0.2) is 0 Å². The summed E-state index contributed by atoms with van der Waals surface area (Å²) in [6.07, 6.45) is 0. The first-order chi connectivity index (χ1) is 22.3. The molecule has 0 radical (unpaired) electrons. The van der Waals surface area contributed by atoms with Gasteiger partial charge in [-0.05, 0) is 103 Å². The molecule has 0 saturated carbocycles. The van der Waals surface area contributed by atoms with Gasteiger partial charge in [0.2, 0.25) is 0 Å². The molecule has 0 spiro atoms. The van der Waals surface area contributed by atoms with Crippen LogP contribution in [0.25, 0.3) is 52.8 Å². The Morgan fingerprint density at radius 2 is 1.09 bits per heavy atom. The van der Waals surface area contributed by atoms with Crippen molar-refractivity contribution in [3.63, 3.8) is 0 Å². The summed E-state index contributed by atoms with van der Waals surface area (Å²) in [5, 5.41) is 7.90. The van der Waals surface area contributed by atoms with Crippen molar-refractivity contribution < 1.29 is 0 Å². The number of para-hydroxylation sites is 1. The molecule has 2 heteroatoms. The minimum absolute atomic E-state index is 0.0921. The maximum atomic E-state index is 2.48. The number of anilines is 3. The van der Waals surface area contributed by atoms with E-state index < -0.39 is 0 Å². The second kappa shape index (κ2) is 9.79. The van der Waals surface area contributed by atoms with Gasteiger partial charge in [-0.2, -0.15) is 0 Å². The highest BCUT2D eigenvalue weighted by atomic mass is 32.1. The summed E-state index contributed by atoms with van der Waals surface area (Å²) in [6.45, 7) is 9.73. The third-order valence-electron chi connectivity index (χ3n) is 11.0. The Morgan fingerprint density at radius 1 is 0.457 bits per heavy atom. The first kappa shape index (κ1) is 27.4. The van der Waals surface area contributed by atoms with Gasteiger partial charge in [0.15, 0.2) is 0 Å². The molecule has 0 aliphatic heterocycles. The van der Waals surface area contributed by atoms with E-state index in [1.165, 1.54) is 75.3 Å². The Balaban J connectivity index is 1.32. The smallest absolute Gasteiger partial charge is 0.0468 e. The lowest BCUT2D eigenvalue weighted by Gasteiger charge is -2.49. The van der Waals surface area contributed by atoms with Crippen LogP contribution in [0.4, 0.5) is 17.1 Å². The van der Waals surface area contributed by atoms with Gasteiger partial charge in [-0.15, -0.1) is 11.3 Å². The van der Waals surface area contributed by atoms with Gasteiger partial charge in [0.1, 0.15) is 0 Å². The molecular weight excluding hydrogens is 575 g/mol. The summed E-state index contributed by atoms with van der Waals surface area (Å²) in [7, 11) is 0. The molecule has 7 aromatic carbocycles. The molecule has 1 nitrogen and oxygen atoms in total. The summed E-state index contributed by atoms with van der Waals surface area (Å²) >= 11 is 1.87. The predicted molar refractivity (Wildman–Crippen MR) is 201 cm³/mol. The minimum Gasteiger partial charge on any atom is -0.310 e. The molecule has 0 saturated heterocycles. The lowest BCUT2D eigenvalue weighted by molar-refractivity contribution is 0.299. The lowest BCUT2D eigenvalue weighted by atomic mass is 9.55. The van der Waals surface area contributed by atoms with Crippen LogP contribution in [0.15, 0.2) is 140 Å². The zero-order valence-electron chi connectivity index (χ0n) is 26.6. The SMILES string of the molecule is CC1(C)c2cc(N(c3ccccc3)c3ccc4sc5ccccc5c4c3)ccc2-c2c(ccc3ccc4ccccc4c23)C1(C)C. The molecule has 222 valence electrons. The molecule has 0 fully saturated rings. The maximum absolute atomic E-state index is 2.48. The number of fused-ring (bicyclic) bond motifs is 10. The summed E-state index contributed by atoms with van der Waals surface area (Å²) in [5.41, 5.74) is 8.86. The summed E-state index contributed by atoms with van der Waals surface area (Å²) in [4.78, 5) is 2.43. The van der Waals surface area contributed by atoms with Crippen LogP contribution in [0.3, 0.4) is 0 Å². The van der Waals surface area contributed by atoms with E-state index in [4.69, 9.17) is 0 Å². The van der Waals surface area contributed by atoms with Crippen LogP contribution in [-0.2, 0) is 10.8 Å². The zero-order chi connectivity index (χ0) is 31.2. The van der Waals surface area contributed by atoms with E-state index in [-0.39, 0.29) is 10.8 Å². The van der Waals surface area contributed by atoms with Crippen LogP contribution in [0.1, 0.15) is 38.8 Å². The van der Waals surface area contributed by atoms with Crippen molar-refractivity contribution in [1.29, 1.82) is 0 Å². The van der Waals surface area contributed by atoms with Crippen LogP contribution in [-0.4, -0.2) is 0 Å². The zero-order valence-corrected chi connectivity index (χ0v) is 27.5. The third kappa shape index (κ3) is 3.80. The van der Waals surface area contributed by atoms with Crippen LogP contribution in [0.5, 0.6) is 0 Å². The second-order valence-corrected chi connectivity index (χ2v) is 14.9. The van der Waals surface area contributed by atoms with E-state index in [2.05, 4.69) is 172 Å². The molecule has 1 heterocycles. The van der Waals surface area contributed by atoms with Crippen molar-refractivity contribution in [3.8, 4) is 11.1 Å². The Morgan fingerprint density at radius 3 is 1.93 bits per heavy atom. The van der Waals surface area contributed by atoms with Crippen molar-refractivity contribution in [1.82, 2.24) is 0 Å². The molecule has 8 aromatic rings. The van der Waals surface area contributed by atoms with Gasteiger partial charge in [0.05, 0.1) is 0 Å². The highest BCUT2D eigenvalue weighted by molar-refractivity contribution is 7.25. The molecule has 1 aliphatic rings.